The first-order valence-corrected chi connectivity index (χ1v) is 13.0. The number of carbonyl (C=O) groups is 1. The first kappa shape index (κ1) is 25.7. The van der Waals surface area contributed by atoms with E-state index >= 15 is 0 Å². The summed E-state index contributed by atoms with van der Waals surface area (Å²) in [5, 5.41) is 9.92. The van der Waals surface area contributed by atoms with Crippen LogP contribution in [0.25, 0.3) is 10.3 Å². The van der Waals surface area contributed by atoms with Crippen molar-refractivity contribution in [2.24, 2.45) is 0 Å². The fraction of sp³-hybridized carbons (Fsp3) is 0.320. The van der Waals surface area contributed by atoms with Gasteiger partial charge in [0, 0.05) is 45.0 Å². The monoisotopic (exact) mass is 538 g/mol. The Kier molecular flexibility index (Phi) is 8.48. The third-order valence-corrected chi connectivity index (χ3v) is 6.48. The topological polar surface area (TPSA) is 126 Å². The Morgan fingerprint density at radius 2 is 1.95 bits per heavy atom. The normalized spacial score (nSPS) is 13.8. The summed E-state index contributed by atoms with van der Waals surface area (Å²) in [5.41, 5.74) is 1.67. The highest BCUT2D eigenvalue weighted by atomic mass is 32.1. The average Bonchev–Trinajstić information content (AvgIpc) is 3.33. The van der Waals surface area contributed by atoms with Crippen molar-refractivity contribution in [2.75, 3.05) is 56.6 Å². The quantitative estimate of drug-likeness (QED) is 0.245. The highest BCUT2D eigenvalue weighted by Crippen LogP contribution is 2.26. The van der Waals surface area contributed by atoms with Gasteiger partial charge in [-0.25, -0.2) is 19.3 Å². The number of hydrogen-bond acceptors (Lipinski definition) is 11. The molecule has 5 rings (SSSR count). The van der Waals surface area contributed by atoms with Gasteiger partial charge in [0.25, 0.3) is 5.91 Å². The molecule has 38 heavy (non-hydrogen) atoms. The second-order valence-corrected chi connectivity index (χ2v) is 9.43. The van der Waals surface area contributed by atoms with Crippen LogP contribution >= 0.6 is 11.3 Å². The molecule has 1 fully saturated rings. The molecule has 4 aromatic rings. The molecule has 0 unspecified atom stereocenters. The summed E-state index contributed by atoms with van der Waals surface area (Å²) in [6, 6.07) is 11.2. The van der Waals surface area contributed by atoms with E-state index in [0.717, 1.165) is 29.1 Å². The highest BCUT2D eigenvalue weighted by molar-refractivity contribution is 7.21. The van der Waals surface area contributed by atoms with E-state index in [9.17, 15) is 9.18 Å². The molecule has 0 bridgehead atoms. The lowest BCUT2D eigenvalue weighted by atomic mass is 10.3. The second kappa shape index (κ2) is 12.5. The van der Waals surface area contributed by atoms with Crippen molar-refractivity contribution >= 4 is 44.5 Å². The van der Waals surface area contributed by atoms with Crippen molar-refractivity contribution in [2.45, 2.75) is 6.54 Å². The van der Waals surface area contributed by atoms with Crippen molar-refractivity contribution in [1.82, 2.24) is 30.2 Å². The predicted octanol–water partition coefficient (Wildman–Crippen LogP) is 2.80. The lowest BCUT2D eigenvalue weighted by Gasteiger charge is -2.26. The Morgan fingerprint density at radius 1 is 1.11 bits per heavy atom. The number of nitrogens with one attached hydrogen (secondary N) is 3. The number of fused-ring (bicyclic) bond motifs is 1. The molecule has 0 atom stereocenters. The smallest absolute Gasteiger partial charge is 0.258 e. The molecule has 3 N–H and O–H groups in total. The minimum atomic E-state index is -0.362. The molecule has 1 aromatic carbocycles. The first-order chi connectivity index (χ1) is 18.6. The van der Waals surface area contributed by atoms with Gasteiger partial charge in [-0.2, -0.15) is 4.98 Å². The van der Waals surface area contributed by atoms with Crippen LogP contribution in [-0.4, -0.2) is 76.7 Å². The minimum absolute atomic E-state index is 0.164. The number of thiazole rings is 1. The summed E-state index contributed by atoms with van der Waals surface area (Å²) in [4.78, 5) is 33.4. The maximum atomic E-state index is 13.0. The fourth-order valence-corrected chi connectivity index (χ4v) is 4.56. The molecule has 198 valence electrons. The van der Waals surface area contributed by atoms with Crippen LogP contribution in [0.15, 0.2) is 48.7 Å². The van der Waals surface area contributed by atoms with Crippen LogP contribution in [0.2, 0.25) is 0 Å². The summed E-state index contributed by atoms with van der Waals surface area (Å²) in [5.74, 6) is 0.828. The number of aromatic nitrogens is 4. The van der Waals surface area contributed by atoms with Crippen molar-refractivity contribution in [1.29, 1.82) is 0 Å². The number of ether oxygens (including phenoxy) is 2. The van der Waals surface area contributed by atoms with Gasteiger partial charge in [-0.3, -0.25) is 9.69 Å². The van der Waals surface area contributed by atoms with E-state index in [1.165, 1.54) is 35.6 Å². The molecule has 0 saturated carbocycles. The first-order valence-electron chi connectivity index (χ1n) is 12.2. The van der Waals surface area contributed by atoms with E-state index in [1.54, 1.807) is 6.20 Å². The number of halogens is 1. The van der Waals surface area contributed by atoms with E-state index in [1.807, 2.05) is 18.2 Å². The zero-order valence-corrected chi connectivity index (χ0v) is 21.3. The SMILES string of the molecule is O=C(COc1ccc(F)cc1)NCCNc1nc(CN2CCOCC2)cc(Nc2nc3cccnc3s2)n1. The molecule has 0 aliphatic carbocycles. The Bertz CT molecular complexity index is 1330. The number of nitrogens with zero attached hydrogens (tertiary/aromatic N) is 5. The molecule has 1 aliphatic heterocycles. The Balaban J connectivity index is 1.18. The van der Waals surface area contributed by atoms with E-state index in [2.05, 4.69) is 40.8 Å². The minimum Gasteiger partial charge on any atom is -0.484 e. The largest absolute Gasteiger partial charge is 0.484 e. The van der Waals surface area contributed by atoms with E-state index in [4.69, 9.17) is 9.47 Å². The molecule has 0 radical (unpaired) electrons. The van der Waals surface area contributed by atoms with E-state index in [0.29, 0.717) is 55.5 Å². The lowest BCUT2D eigenvalue weighted by molar-refractivity contribution is -0.123. The Morgan fingerprint density at radius 3 is 2.76 bits per heavy atom. The van der Waals surface area contributed by atoms with Crippen LogP contribution in [0.4, 0.5) is 21.3 Å². The zero-order chi connectivity index (χ0) is 26.2. The summed E-state index contributed by atoms with van der Waals surface area (Å²) in [6.07, 6.45) is 1.74. The van der Waals surface area contributed by atoms with Gasteiger partial charge in [-0.15, -0.1) is 0 Å². The van der Waals surface area contributed by atoms with Crippen molar-refractivity contribution < 1.29 is 18.7 Å². The second-order valence-electron chi connectivity index (χ2n) is 8.45. The molecule has 4 heterocycles. The van der Waals surface area contributed by atoms with Gasteiger partial charge >= 0.3 is 0 Å². The molecule has 1 saturated heterocycles. The van der Waals surface area contributed by atoms with Crippen LogP contribution < -0.4 is 20.7 Å². The van der Waals surface area contributed by atoms with Crippen LogP contribution in [-0.2, 0) is 16.1 Å². The molecule has 1 amide bonds. The summed E-state index contributed by atoms with van der Waals surface area (Å²) in [7, 11) is 0. The number of benzene rings is 1. The fourth-order valence-electron chi connectivity index (χ4n) is 3.75. The van der Waals surface area contributed by atoms with Gasteiger partial charge in [0.05, 0.1) is 18.9 Å². The van der Waals surface area contributed by atoms with Crippen LogP contribution in [0.3, 0.4) is 0 Å². The van der Waals surface area contributed by atoms with Gasteiger partial charge in [-0.1, -0.05) is 11.3 Å². The molecular formula is C25H27FN8O3S. The van der Waals surface area contributed by atoms with Crippen LogP contribution in [0.1, 0.15) is 5.69 Å². The van der Waals surface area contributed by atoms with Crippen molar-refractivity contribution in [3.8, 4) is 5.75 Å². The number of anilines is 3. The molecule has 13 heteroatoms. The third kappa shape index (κ3) is 7.31. The maximum absolute atomic E-state index is 13.0. The van der Waals surface area contributed by atoms with Crippen molar-refractivity contribution in [3.63, 3.8) is 0 Å². The van der Waals surface area contributed by atoms with E-state index < -0.39 is 0 Å². The number of pyridine rings is 1. The predicted molar refractivity (Wildman–Crippen MR) is 142 cm³/mol. The van der Waals surface area contributed by atoms with Crippen molar-refractivity contribution in [3.05, 3.63) is 60.2 Å². The lowest BCUT2D eigenvalue weighted by Crippen LogP contribution is -2.36. The van der Waals surface area contributed by atoms with Gasteiger partial charge in [0.15, 0.2) is 11.7 Å². The van der Waals surface area contributed by atoms with Gasteiger partial charge in [0.1, 0.15) is 27.7 Å². The number of amides is 1. The summed E-state index contributed by atoms with van der Waals surface area (Å²) >= 11 is 1.45. The van der Waals surface area contributed by atoms with Crippen LogP contribution in [0.5, 0.6) is 5.75 Å². The number of carbonyl (C=O) groups excluding carboxylic acids is 1. The van der Waals surface area contributed by atoms with Gasteiger partial charge in [0.2, 0.25) is 5.95 Å². The number of hydrogen-bond donors (Lipinski definition) is 3. The molecule has 0 spiro atoms. The molecule has 11 nitrogen and oxygen atoms in total. The molecule has 3 aromatic heterocycles. The summed E-state index contributed by atoms with van der Waals surface area (Å²) < 4.78 is 23.8. The van der Waals surface area contributed by atoms with Crippen LogP contribution in [0, 0.1) is 5.82 Å². The molecular weight excluding hydrogens is 511 g/mol. The number of rotatable bonds is 11. The zero-order valence-electron chi connectivity index (χ0n) is 20.5. The standard InChI is InChI=1S/C25H27FN8O3S/c26-17-3-5-19(6-4-17)37-16-22(35)27-8-9-29-24-30-18(15-34-10-12-36-13-11-34)14-21(32-24)33-25-31-20-2-1-7-28-23(20)38-25/h1-7,14H,8-13,15-16H2,(H,27,35)(H2,29,30,31,32,33). The third-order valence-electron chi connectivity index (χ3n) is 5.58. The summed E-state index contributed by atoms with van der Waals surface area (Å²) in [6.45, 7) is 4.32. The number of morpholine rings is 1. The average molecular weight is 539 g/mol. The Hall–Kier alpha value is -3.94. The van der Waals surface area contributed by atoms with Gasteiger partial charge < -0.3 is 25.4 Å². The molecule has 1 aliphatic rings. The highest BCUT2D eigenvalue weighted by Gasteiger charge is 2.14. The van der Waals surface area contributed by atoms with E-state index in [-0.39, 0.29) is 18.3 Å². The maximum Gasteiger partial charge on any atom is 0.258 e. The van der Waals surface area contributed by atoms with Gasteiger partial charge in [-0.05, 0) is 36.4 Å². The Labute approximate surface area is 222 Å².